The van der Waals surface area contributed by atoms with Crippen LogP contribution in [0.15, 0.2) is 66.4 Å². The summed E-state index contributed by atoms with van der Waals surface area (Å²) in [6.45, 7) is 0.377. The number of carbonyl (C=O) groups excluding carboxylic acids is 1. The second-order valence-corrected chi connectivity index (χ2v) is 7.40. The molecule has 1 aliphatic rings. The summed E-state index contributed by atoms with van der Waals surface area (Å²) in [5.41, 5.74) is 1.99. The second kappa shape index (κ2) is 7.88. The van der Waals surface area contributed by atoms with Crippen molar-refractivity contribution in [2.45, 2.75) is 6.61 Å². The largest absolute Gasteiger partial charge is 0.489 e. The van der Waals surface area contributed by atoms with Gasteiger partial charge in [-0.3, -0.25) is 4.79 Å². The van der Waals surface area contributed by atoms with Crippen molar-refractivity contribution in [1.29, 1.82) is 0 Å². The van der Waals surface area contributed by atoms with E-state index in [1.165, 1.54) is 0 Å². The summed E-state index contributed by atoms with van der Waals surface area (Å²) >= 11 is 18.2. The highest BCUT2D eigenvalue weighted by Gasteiger charge is 2.28. The van der Waals surface area contributed by atoms with Crippen molar-refractivity contribution < 1.29 is 14.3 Å². The molecule has 140 valence electrons. The molecular weight excluding hydrogens is 419 g/mol. The number of halogens is 3. The molecule has 0 saturated heterocycles. The number of fused-ring (bicyclic) bond motifs is 1. The van der Waals surface area contributed by atoms with Gasteiger partial charge in [-0.15, -0.1) is 0 Å². The lowest BCUT2D eigenvalue weighted by Gasteiger charge is -2.07. The Kier molecular flexibility index (Phi) is 5.31. The molecule has 1 aliphatic heterocycles. The maximum Gasteiger partial charge on any atom is 0.231 e. The van der Waals surface area contributed by atoms with Gasteiger partial charge in [0.25, 0.3) is 0 Å². The first-order chi connectivity index (χ1) is 13.5. The Labute approximate surface area is 177 Å². The van der Waals surface area contributed by atoms with Crippen molar-refractivity contribution in [1.82, 2.24) is 0 Å². The summed E-state index contributed by atoms with van der Waals surface area (Å²) in [4.78, 5) is 12.6. The monoisotopic (exact) mass is 430 g/mol. The van der Waals surface area contributed by atoms with Gasteiger partial charge in [0.2, 0.25) is 5.78 Å². The first kappa shape index (κ1) is 18.9. The van der Waals surface area contributed by atoms with Crippen molar-refractivity contribution in [3.05, 3.63) is 98.2 Å². The van der Waals surface area contributed by atoms with E-state index in [1.807, 2.05) is 24.3 Å². The number of rotatable bonds is 4. The molecule has 0 N–H and O–H groups in total. The summed E-state index contributed by atoms with van der Waals surface area (Å²) in [6.07, 6.45) is 1.56. The Hall–Kier alpha value is -2.46. The Bertz CT molecular complexity index is 1070. The molecule has 0 radical (unpaired) electrons. The number of hydrogen-bond donors (Lipinski definition) is 0. The Morgan fingerprint density at radius 3 is 2.36 bits per heavy atom. The van der Waals surface area contributed by atoms with Crippen LogP contribution in [0.1, 0.15) is 21.5 Å². The van der Waals surface area contributed by atoms with E-state index in [0.717, 1.165) is 5.56 Å². The van der Waals surface area contributed by atoms with Crippen LogP contribution >= 0.6 is 34.8 Å². The van der Waals surface area contributed by atoms with Gasteiger partial charge in [-0.1, -0.05) is 53.0 Å². The number of hydrogen-bond acceptors (Lipinski definition) is 3. The molecule has 0 spiro atoms. The maximum absolute atomic E-state index is 12.6. The summed E-state index contributed by atoms with van der Waals surface area (Å²) < 4.78 is 11.5. The summed E-state index contributed by atoms with van der Waals surface area (Å²) in [7, 11) is 0. The fourth-order valence-corrected chi connectivity index (χ4v) is 3.42. The Morgan fingerprint density at radius 1 is 0.929 bits per heavy atom. The van der Waals surface area contributed by atoms with Crippen LogP contribution in [0.4, 0.5) is 0 Å². The SMILES string of the molecule is O=C1C(=Cc2c(Cl)cccc2Cl)Oc2cc(OCc3ccc(Cl)cc3)ccc21. The van der Waals surface area contributed by atoms with Crippen molar-refractivity contribution in [3.8, 4) is 11.5 Å². The Morgan fingerprint density at radius 2 is 1.64 bits per heavy atom. The third-order valence-electron chi connectivity index (χ3n) is 4.24. The zero-order valence-electron chi connectivity index (χ0n) is 14.4. The molecule has 28 heavy (non-hydrogen) atoms. The van der Waals surface area contributed by atoms with Crippen molar-refractivity contribution in [2.75, 3.05) is 0 Å². The van der Waals surface area contributed by atoms with Gasteiger partial charge in [0, 0.05) is 26.7 Å². The maximum atomic E-state index is 12.6. The van der Waals surface area contributed by atoms with Gasteiger partial charge in [0.05, 0.1) is 5.56 Å². The normalized spacial score (nSPS) is 14.1. The van der Waals surface area contributed by atoms with Crippen LogP contribution < -0.4 is 9.47 Å². The predicted molar refractivity (Wildman–Crippen MR) is 112 cm³/mol. The standard InChI is InChI=1S/C22H13Cl3O3/c23-14-6-4-13(5-7-14)12-27-15-8-9-16-20(10-15)28-21(22(16)26)11-17-18(24)2-1-3-19(17)25/h1-11H,12H2. The van der Waals surface area contributed by atoms with Gasteiger partial charge >= 0.3 is 0 Å². The van der Waals surface area contributed by atoms with E-state index in [0.29, 0.717) is 44.3 Å². The number of ether oxygens (including phenoxy) is 2. The smallest absolute Gasteiger partial charge is 0.231 e. The van der Waals surface area contributed by atoms with Gasteiger partial charge in [0.15, 0.2) is 5.76 Å². The van der Waals surface area contributed by atoms with Crippen LogP contribution in [-0.2, 0) is 6.61 Å². The summed E-state index contributed by atoms with van der Waals surface area (Å²) in [5, 5.41) is 1.56. The van der Waals surface area contributed by atoms with Gasteiger partial charge in [-0.25, -0.2) is 0 Å². The number of allylic oxidation sites excluding steroid dienone is 1. The molecule has 0 aromatic heterocycles. The molecule has 0 atom stereocenters. The number of Topliss-reactive ketones (excluding diaryl/α,β-unsaturated/α-hetero) is 1. The van der Waals surface area contributed by atoms with E-state index in [4.69, 9.17) is 44.3 Å². The van der Waals surface area contributed by atoms with Crippen LogP contribution in [0.2, 0.25) is 15.1 Å². The fraction of sp³-hybridized carbons (Fsp3) is 0.0455. The molecule has 1 heterocycles. The topological polar surface area (TPSA) is 35.5 Å². The van der Waals surface area contributed by atoms with Crippen molar-refractivity contribution in [3.63, 3.8) is 0 Å². The fourth-order valence-electron chi connectivity index (χ4n) is 2.78. The lowest BCUT2D eigenvalue weighted by Crippen LogP contribution is -1.98. The Balaban J connectivity index is 1.54. The van der Waals surface area contributed by atoms with Crippen LogP contribution in [0, 0.1) is 0 Å². The van der Waals surface area contributed by atoms with Gasteiger partial charge in [-0.2, -0.15) is 0 Å². The average molecular weight is 432 g/mol. The average Bonchev–Trinajstić information content (AvgIpc) is 2.99. The van der Waals surface area contributed by atoms with Gasteiger partial charge in [-0.05, 0) is 48.0 Å². The highest BCUT2D eigenvalue weighted by Crippen LogP contribution is 2.36. The summed E-state index contributed by atoms with van der Waals surface area (Å²) in [6, 6.07) is 17.7. The molecule has 0 saturated carbocycles. The quantitative estimate of drug-likeness (QED) is 0.424. The number of carbonyl (C=O) groups is 1. The minimum Gasteiger partial charge on any atom is -0.489 e. The lowest BCUT2D eigenvalue weighted by molar-refractivity contribution is 0.101. The highest BCUT2D eigenvalue weighted by atomic mass is 35.5. The molecule has 0 amide bonds. The molecule has 0 unspecified atom stereocenters. The molecule has 0 bridgehead atoms. The predicted octanol–water partition coefficient (Wildman–Crippen LogP) is 6.84. The van der Waals surface area contributed by atoms with Gasteiger partial charge in [0.1, 0.15) is 18.1 Å². The minimum absolute atomic E-state index is 0.167. The van der Waals surface area contributed by atoms with Crippen LogP contribution in [0.25, 0.3) is 6.08 Å². The van der Waals surface area contributed by atoms with Crippen molar-refractivity contribution >= 4 is 46.7 Å². The molecule has 6 heteroatoms. The lowest BCUT2D eigenvalue weighted by atomic mass is 10.1. The molecule has 4 rings (SSSR count). The van der Waals surface area contributed by atoms with Gasteiger partial charge < -0.3 is 9.47 Å². The highest BCUT2D eigenvalue weighted by molar-refractivity contribution is 6.37. The summed E-state index contributed by atoms with van der Waals surface area (Å²) in [5.74, 6) is 0.974. The van der Waals surface area contributed by atoms with Crippen LogP contribution in [0.3, 0.4) is 0 Å². The van der Waals surface area contributed by atoms with Crippen LogP contribution in [-0.4, -0.2) is 5.78 Å². The molecule has 3 nitrogen and oxygen atoms in total. The third-order valence-corrected chi connectivity index (χ3v) is 5.15. The van der Waals surface area contributed by atoms with E-state index in [-0.39, 0.29) is 11.5 Å². The molecule has 3 aromatic rings. The van der Waals surface area contributed by atoms with Crippen molar-refractivity contribution in [2.24, 2.45) is 0 Å². The number of benzene rings is 3. The van der Waals surface area contributed by atoms with E-state index in [1.54, 1.807) is 42.5 Å². The first-order valence-corrected chi connectivity index (χ1v) is 9.54. The minimum atomic E-state index is -0.227. The molecule has 0 aliphatic carbocycles. The first-order valence-electron chi connectivity index (χ1n) is 8.41. The van der Waals surface area contributed by atoms with E-state index >= 15 is 0 Å². The van der Waals surface area contributed by atoms with Crippen LogP contribution in [0.5, 0.6) is 11.5 Å². The molecular formula is C22H13Cl3O3. The molecule has 3 aromatic carbocycles. The zero-order chi connectivity index (χ0) is 19.7. The molecule has 0 fully saturated rings. The van der Waals surface area contributed by atoms with E-state index < -0.39 is 0 Å². The zero-order valence-corrected chi connectivity index (χ0v) is 16.7. The third kappa shape index (κ3) is 3.88. The van der Waals surface area contributed by atoms with E-state index in [9.17, 15) is 4.79 Å². The second-order valence-electron chi connectivity index (χ2n) is 6.15. The van der Waals surface area contributed by atoms with E-state index in [2.05, 4.69) is 0 Å². The number of ketones is 1.